The summed E-state index contributed by atoms with van der Waals surface area (Å²) < 4.78 is 11.0. The van der Waals surface area contributed by atoms with E-state index in [2.05, 4.69) is 17.1 Å². The Hall–Kier alpha value is -0.390. The molecule has 1 N–H and O–H groups in total. The van der Waals surface area contributed by atoms with Crippen molar-refractivity contribution in [2.24, 2.45) is 0 Å². The maximum absolute atomic E-state index is 5.74. The van der Waals surface area contributed by atoms with Crippen molar-refractivity contribution in [2.75, 3.05) is 39.5 Å². The molecule has 1 fully saturated rings. The molecule has 0 saturated carbocycles. The summed E-state index contributed by atoms with van der Waals surface area (Å²) in [7, 11) is 0. The average molecular weight is 274 g/mol. The van der Waals surface area contributed by atoms with Gasteiger partial charge in [0.05, 0.1) is 6.10 Å². The van der Waals surface area contributed by atoms with E-state index in [9.17, 15) is 0 Å². The standard InChI is InChI=1S/C13H26N2O2S/c1-3-12-11-15(8-6-10-17-12)13(18)14-7-5-9-16-4-2/h12H,3-11H2,1-2H3,(H,14,18). The molecule has 1 unspecified atom stereocenters. The van der Waals surface area contributed by atoms with Crippen LogP contribution in [0.2, 0.25) is 0 Å². The van der Waals surface area contributed by atoms with Crippen LogP contribution in [0, 0.1) is 0 Å². The minimum Gasteiger partial charge on any atom is -0.382 e. The molecule has 1 rings (SSSR count). The topological polar surface area (TPSA) is 33.7 Å². The number of ether oxygens (including phenoxy) is 2. The van der Waals surface area contributed by atoms with Crippen molar-refractivity contribution in [3.63, 3.8) is 0 Å². The van der Waals surface area contributed by atoms with E-state index < -0.39 is 0 Å². The van der Waals surface area contributed by atoms with Crippen LogP contribution < -0.4 is 5.32 Å². The first-order valence-electron chi connectivity index (χ1n) is 7.00. The molecule has 18 heavy (non-hydrogen) atoms. The summed E-state index contributed by atoms with van der Waals surface area (Å²) in [6, 6.07) is 0. The molecular formula is C13H26N2O2S. The van der Waals surface area contributed by atoms with Crippen molar-refractivity contribution in [3.05, 3.63) is 0 Å². The Morgan fingerprint density at radius 2 is 2.33 bits per heavy atom. The minimum absolute atomic E-state index is 0.315. The number of nitrogens with one attached hydrogen (secondary N) is 1. The largest absolute Gasteiger partial charge is 0.382 e. The Balaban J connectivity index is 2.22. The van der Waals surface area contributed by atoms with Gasteiger partial charge in [-0.1, -0.05) is 6.92 Å². The van der Waals surface area contributed by atoms with Crippen molar-refractivity contribution in [2.45, 2.75) is 39.2 Å². The van der Waals surface area contributed by atoms with Gasteiger partial charge in [-0.15, -0.1) is 0 Å². The second-order valence-corrected chi connectivity index (χ2v) is 4.87. The zero-order chi connectivity index (χ0) is 13.2. The first-order valence-corrected chi connectivity index (χ1v) is 7.40. The molecular weight excluding hydrogens is 248 g/mol. The molecule has 0 spiro atoms. The Morgan fingerprint density at radius 1 is 1.50 bits per heavy atom. The third kappa shape index (κ3) is 5.98. The fraction of sp³-hybridized carbons (Fsp3) is 0.923. The number of nitrogens with zero attached hydrogens (tertiary/aromatic N) is 1. The second-order valence-electron chi connectivity index (χ2n) is 4.48. The van der Waals surface area contributed by atoms with Gasteiger partial charge in [0, 0.05) is 39.5 Å². The van der Waals surface area contributed by atoms with E-state index in [1.165, 1.54) is 0 Å². The predicted octanol–water partition coefficient (Wildman–Crippen LogP) is 1.79. The predicted molar refractivity (Wildman–Crippen MR) is 77.9 cm³/mol. The van der Waals surface area contributed by atoms with Crippen LogP contribution in [-0.4, -0.2) is 55.6 Å². The van der Waals surface area contributed by atoms with Gasteiger partial charge in [0.2, 0.25) is 0 Å². The van der Waals surface area contributed by atoms with Crippen LogP contribution in [0.1, 0.15) is 33.1 Å². The molecule has 0 bridgehead atoms. The van der Waals surface area contributed by atoms with Crippen LogP contribution in [0.25, 0.3) is 0 Å². The van der Waals surface area contributed by atoms with Gasteiger partial charge in [-0.25, -0.2) is 0 Å². The van der Waals surface area contributed by atoms with Gasteiger partial charge in [0.1, 0.15) is 0 Å². The highest BCUT2D eigenvalue weighted by molar-refractivity contribution is 7.80. The van der Waals surface area contributed by atoms with E-state index in [0.29, 0.717) is 6.10 Å². The highest BCUT2D eigenvalue weighted by Gasteiger charge is 2.18. The first kappa shape index (κ1) is 15.7. The molecule has 0 radical (unpaired) electrons. The third-order valence-electron chi connectivity index (χ3n) is 3.04. The maximum atomic E-state index is 5.74. The first-order chi connectivity index (χ1) is 8.77. The Bertz CT molecular complexity index is 239. The summed E-state index contributed by atoms with van der Waals surface area (Å²) in [5, 5.41) is 4.16. The lowest BCUT2D eigenvalue weighted by molar-refractivity contribution is 0.0583. The molecule has 5 heteroatoms. The molecule has 0 aliphatic carbocycles. The lowest BCUT2D eigenvalue weighted by atomic mass is 10.2. The van der Waals surface area contributed by atoms with Crippen molar-refractivity contribution in [3.8, 4) is 0 Å². The Kier molecular flexibility index (Phi) is 8.29. The van der Waals surface area contributed by atoms with Crippen LogP contribution in [0.4, 0.5) is 0 Å². The number of hydrogen-bond acceptors (Lipinski definition) is 3. The van der Waals surface area contributed by atoms with Gasteiger partial charge >= 0.3 is 0 Å². The quantitative estimate of drug-likeness (QED) is 0.590. The van der Waals surface area contributed by atoms with Gasteiger partial charge in [-0.2, -0.15) is 0 Å². The summed E-state index contributed by atoms with van der Waals surface area (Å²) in [5.41, 5.74) is 0. The summed E-state index contributed by atoms with van der Waals surface area (Å²) in [6.45, 7) is 9.39. The Morgan fingerprint density at radius 3 is 3.06 bits per heavy atom. The highest BCUT2D eigenvalue weighted by Crippen LogP contribution is 2.08. The van der Waals surface area contributed by atoms with Crippen LogP contribution >= 0.6 is 12.2 Å². The highest BCUT2D eigenvalue weighted by atomic mass is 32.1. The molecule has 0 aromatic carbocycles. The molecule has 0 amide bonds. The summed E-state index contributed by atoms with van der Waals surface area (Å²) >= 11 is 5.43. The second kappa shape index (κ2) is 9.53. The lowest BCUT2D eigenvalue weighted by Crippen LogP contribution is -2.43. The fourth-order valence-electron chi connectivity index (χ4n) is 1.95. The van der Waals surface area contributed by atoms with E-state index in [4.69, 9.17) is 21.7 Å². The van der Waals surface area contributed by atoms with Crippen LogP contribution in [0.3, 0.4) is 0 Å². The van der Waals surface area contributed by atoms with E-state index in [1.54, 1.807) is 0 Å². The van der Waals surface area contributed by atoms with Gasteiger partial charge < -0.3 is 19.7 Å². The maximum Gasteiger partial charge on any atom is 0.169 e. The number of thiocarbonyl (C=S) groups is 1. The molecule has 0 aromatic rings. The van der Waals surface area contributed by atoms with Gasteiger partial charge in [-0.05, 0) is 38.4 Å². The smallest absolute Gasteiger partial charge is 0.169 e. The normalized spacial score (nSPS) is 20.6. The molecule has 106 valence electrons. The summed E-state index contributed by atoms with van der Waals surface area (Å²) in [5.74, 6) is 0. The van der Waals surface area contributed by atoms with Gasteiger partial charge in [-0.3, -0.25) is 0 Å². The van der Waals surface area contributed by atoms with Crippen molar-refractivity contribution in [1.29, 1.82) is 0 Å². The summed E-state index contributed by atoms with van der Waals surface area (Å²) in [4.78, 5) is 2.23. The SMILES string of the molecule is CCOCCCNC(=S)N1CCCOC(CC)C1. The number of hydrogen-bond donors (Lipinski definition) is 1. The van der Waals surface area contributed by atoms with Crippen LogP contribution in [-0.2, 0) is 9.47 Å². The fourth-order valence-corrected chi connectivity index (χ4v) is 2.22. The molecule has 1 atom stereocenters. The van der Waals surface area contributed by atoms with E-state index >= 15 is 0 Å². The lowest BCUT2D eigenvalue weighted by Gasteiger charge is -2.26. The minimum atomic E-state index is 0.315. The molecule has 0 aromatic heterocycles. The van der Waals surface area contributed by atoms with Gasteiger partial charge in [0.25, 0.3) is 0 Å². The third-order valence-corrected chi connectivity index (χ3v) is 3.44. The summed E-state index contributed by atoms with van der Waals surface area (Å²) in [6.07, 6.45) is 3.41. The average Bonchev–Trinajstić information content (AvgIpc) is 2.63. The monoisotopic (exact) mass is 274 g/mol. The van der Waals surface area contributed by atoms with Crippen molar-refractivity contribution in [1.82, 2.24) is 10.2 Å². The van der Waals surface area contributed by atoms with Crippen LogP contribution in [0.15, 0.2) is 0 Å². The molecule has 1 aliphatic rings. The molecule has 1 heterocycles. The van der Waals surface area contributed by atoms with E-state index in [0.717, 1.165) is 63.8 Å². The van der Waals surface area contributed by atoms with Crippen molar-refractivity contribution < 1.29 is 9.47 Å². The van der Waals surface area contributed by atoms with Gasteiger partial charge in [0.15, 0.2) is 5.11 Å². The molecule has 1 aliphatic heterocycles. The van der Waals surface area contributed by atoms with Crippen LogP contribution in [0.5, 0.6) is 0 Å². The van der Waals surface area contributed by atoms with E-state index in [-0.39, 0.29) is 0 Å². The molecule has 1 saturated heterocycles. The van der Waals surface area contributed by atoms with Crippen molar-refractivity contribution >= 4 is 17.3 Å². The van der Waals surface area contributed by atoms with E-state index in [1.807, 2.05) is 6.92 Å². The zero-order valence-corrected chi connectivity index (χ0v) is 12.4. The molecule has 4 nitrogen and oxygen atoms in total. The zero-order valence-electron chi connectivity index (χ0n) is 11.6. The Labute approximate surface area is 116 Å². The number of rotatable bonds is 6.